The maximum atomic E-state index is 6.19. The molecular formula is C15H16Cl2N4. The molecular weight excluding hydrogens is 307 g/mol. The van der Waals surface area contributed by atoms with Crippen LogP contribution in [0, 0.1) is 0 Å². The van der Waals surface area contributed by atoms with Crippen molar-refractivity contribution in [2.24, 2.45) is 10.8 Å². The minimum atomic E-state index is -0.169. The second-order valence-electron chi connectivity index (χ2n) is 4.45. The molecule has 2 aromatic rings. The molecule has 2 aromatic carbocycles. The summed E-state index contributed by atoms with van der Waals surface area (Å²) in [6.07, 6.45) is 0. The number of hydrazine groups is 1. The molecule has 0 aliphatic heterocycles. The Bertz CT molecular complexity index is 629. The topological polar surface area (TPSA) is 62.4 Å². The third-order valence-electron chi connectivity index (χ3n) is 2.91. The number of nitrogens with zero attached hydrogens (tertiary/aromatic N) is 1. The standard InChI is InChI=1S/C15H16Cl2N4/c1-10(13-8-7-11(16)9-14(13)17)19-15(21-18)20-12-5-3-2-4-6-12/h2-10H,18H2,1H3,(H2,19,20,21). The van der Waals surface area contributed by atoms with Crippen LogP contribution in [-0.2, 0) is 0 Å². The Hall–Kier alpha value is -1.75. The third-order valence-corrected chi connectivity index (χ3v) is 3.47. The van der Waals surface area contributed by atoms with Crippen LogP contribution in [0.4, 0.5) is 5.69 Å². The molecule has 1 unspecified atom stereocenters. The van der Waals surface area contributed by atoms with E-state index in [9.17, 15) is 0 Å². The van der Waals surface area contributed by atoms with E-state index in [1.54, 1.807) is 12.1 Å². The van der Waals surface area contributed by atoms with Crippen molar-refractivity contribution in [2.75, 3.05) is 5.32 Å². The molecule has 21 heavy (non-hydrogen) atoms. The van der Waals surface area contributed by atoms with Crippen LogP contribution in [0.3, 0.4) is 0 Å². The number of aliphatic imine (C=N–C) groups is 1. The van der Waals surface area contributed by atoms with E-state index in [2.05, 4.69) is 15.7 Å². The van der Waals surface area contributed by atoms with Gasteiger partial charge in [0.2, 0.25) is 5.96 Å². The third kappa shape index (κ3) is 4.36. The molecule has 110 valence electrons. The van der Waals surface area contributed by atoms with E-state index in [1.165, 1.54) is 0 Å². The summed E-state index contributed by atoms with van der Waals surface area (Å²) in [6, 6.07) is 14.8. The molecule has 2 rings (SSSR count). The van der Waals surface area contributed by atoms with Crippen molar-refractivity contribution in [1.29, 1.82) is 0 Å². The summed E-state index contributed by atoms with van der Waals surface area (Å²) in [4.78, 5) is 4.49. The van der Waals surface area contributed by atoms with Crippen LogP contribution in [0.1, 0.15) is 18.5 Å². The molecule has 0 heterocycles. The van der Waals surface area contributed by atoms with Crippen LogP contribution in [0.5, 0.6) is 0 Å². The smallest absolute Gasteiger partial charge is 0.210 e. The number of guanidine groups is 1. The van der Waals surface area contributed by atoms with Gasteiger partial charge < -0.3 is 5.32 Å². The number of nitrogens with two attached hydrogens (primary N) is 1. The summed E-state index contributed by atoms with van der Waals surface area (Å²) >= 11 is 12.1. The van der Waals surface area contributed by atoms with Gasteiger partial charge in [-0.1, -0.05) is 47.5 Å². The lowest BCUT2D eigenvalue weighted by atomic mass is 10.1. The van der Waals surface area contributed by atoms with E-state index < -0.39 is 0 Å². The van der Waals surface area contributed by atoms with Gasteiger partial charge in [0, 0.05) is 15.7 Å². The summed E-state index contributed by atoms with van der Waals surface area (Å²) in [5, 5.41) is 4.28. The van der Waals surface area contributed by atoms with Gasteiger partial charge in [-0.3, -0.25) is 5.43 Å². The first kappa shape index (κ1) is 15.6. The highest BCUT2D eigenvalue weighted by Gasteiger charge is 2.10. The lowest BCUT2D eigenvalue weighted by molar-refractivity contribution is 0.804. The van der Waals surface area contributed by atoms with Gasteiger partial charge in [-0.2, -0.15) is 0 Å². The van der Waals surface area contributed by atoms with Gasteiger partial charge in [0.1, 0.15) is 0 Å². The molecule has 4 nitrogen and oxygen atoms in total. The molecule has 0 aliphatic rings. The molecule has 0 fully saturated rings. The fourth-order valence-electron chi connectivity index (χ4n) is 1.87. The van der Waals surface area contributed by atoms with Crippen LogP contribution in [0.15, 0.2) is 53.5 Å². The van der Waals surface area contributed by atoms with Crippen LogP contribution in [-0.4, -0.2) is 5.96 Å². The fraction of sp³-hybridized carbons (Fsp3) is 0.133. The van der Waals surface area contributed by atoms with Crippen LogP contribution in [0.2, 0.25) is 10.0 Å². The normalized spacial score (nSPS) is 12.9. The number of hydrogen-bond donors (Lipinski definition) is 3. The zero-order valence-corrected chi connectivity index (χ0v) is 13.0. The second-order valence-corrected chi connectivity index (χ2v) is 5.30. The Labute approximate surface area is 133 Å². The molecule has 6 heteroatoms. The maximum absolute atomic E-state index is 6.19. The van der Waals surface area contributed by atoms with Crippen molar-refractivity contribution in [3.8, 4) is 0 Å². The Kier molecular flexibility index (Phi) is 5.44. The van der Waals surface area contributed by atoms with E-state index in [4.69, 9.17) is 29.0 Å². The van der Waals surface area contributed by atoms with Gasteiger partial charge in [-0.25, -0.2) is 10.8 Å². The quantitative estimate of drug-likeness (QED) is 0.346. The Morgan fingerprint density at radius 2 is 1.86 bits per heavy atom. The highest BCUT2D eigenvalue weighted by atomic mass is 35.5. The van der Waals surface area contributed by atoms with E-state index >= 15 is 0 Å². The molecule has 0 aromatic heterocycles. The van der Waals surface area contributed by atoms with Crippen molar-refractivity contribution in [3.63, 3.8) is 0 Å². The molecule has 0 aliphatic carbocycles. The largest absolute Gasteiger partial charge is 0.325 e. The summed E-state index contributed by atoms with van der Waals surface area (Å²) in [7, 11) is 0. The number of anilines is 1. The predicted molar refractivity (Wildman–Crippen MR) is 89.7 cm³/mol. The monoisotopic (exact) mass is 322 g/mol. The van der Waals surface area contributed by atoms with E-state index in [-0.39, 0.29) is 6.04 Å². The summed E-state index contributed by atoms with van der Waals surface area (Å²) < 4.78 is 0. The van der Waals surface area contributed by atoms with Crippen molar-refractivity contribution in [3.05, 3.63) is 64.1 Å². The van der Waals surface area contributed by atoms with Gasteiger partial charge >= 0.3 is 0 Å². The lowest BCUT2D eigenvalue weighted by Gasteiger charge is -2.14. The Morgan fingerprint density at radius 1 is 1.14 bits per heavy atom. The van der Waals surface area contributed by atoms with Crippen LogP contribution >= 0.6 is 23.2 Å². The SMILES string of the molecule is CC(N=C(NN)Nc1ccccc1)c1ccc(Cl)cc1Cl. The lowest BCUT2D eigenvalue weighted by Crippen LogP contribution is -2.36. The zero-order chi connectivity index (χ0) is 15.2. The summed E-state index contributed by atoms with van der Waals surface area (Å²) in [5.74, 6) is 5.97. The minimum absolute atomic E-state index is 0.169. The molecule has 0 saturated heterocycles. The predicted octanol–water partition coefficient (Wildman–Crippen LogP) is 3.99. The fourth-order valence-corrected chi connectivity index (χ4v) is 2.43. The maximum Gasteiger partial charge on any atom is 0.210 e. The van der Waals surface area contributed by atoms with Crippen LogP contribution < -0.4 is 16.6 Å². The Balaban J connectivity index is 2.18. The highest BCUT2D eigenvalue weighted by Crippen LogP contribution is 2.28. The van der Waals surface area contributed by atoms with Gasteiger partial charge in [0.05, 0.1) is 6.04 Å². The minimum Gasteiger partial charge on any atom is -0.325 e. The average molecular weight is 323 g/mol. The molecule has 1 atom stereocenters. The van der Waals surface area contributed by atoms with Gasteiger partial charge in [0.15, 0.2) is 0 Å². The molecule has 0 radical (unpaired) electrons. The molecule has 0 saturated carbocycles. The number of rotatable bonds is 3. The number of hydrogen-bond acceptors (Lipinski definition) is 2. The van der Waals surface area contributed by atoms with Gasteiger partial charge in [-0.15, -0.1) is 0 Å². The van der Waals surface area contributed by atoms with Crippen molar-refractivity contribution < 1.29 is 0 Å². The van der Waals surface area contributed by atoms with E-state index in [0.717, 1.165) is 11.3 Å². The zero-order valence-electron chi connectivity index (χ0n) is 11.5. The number of benzene rings is 2. The average Bonchev–Trinajstić information content (AvgIpc) is 2.47. The van der Waals surface area contributed by atoms with E-state index in [0.29, 0.717) is 16.0 Å². The number of para-hydroxylation sites is 1. The van der Waals surface area contributed by atoms with Gasteiger partial charge in [0.25, 0.3) is 0 Å². The summed E-state index contributed by atoms with van der Waals surface area (Å²) in [5.41, 5.74) is 4.32. The number of nitrogens with one attached hydrogen (secondary N) is 2. The second kappa shape index (κ2) is 7.31. The van der Waals surface area contributed by atoms with Gasteiger partial charge in [-0.05, 0) is 36.8 Å². The Morgan fingerprint density at radius 3 is 2.48 bits per heavy atom. The first-order chi connectivity index (χ1) is 10.1. The van der Waals surface area contributed by atoms with Crippen molar-refractivity contribution >= 4 is 34.8 Å². The van der Waals surface area contributed by atoms with Crippen molar-refractivity contribution in [1.82, 2.24) is 5.43 Å². The van der Waals surface area contributed by atoms with Crippen LogP contribution in [0.25, 0.3) is 0 Å². The first-order valence-electron chi connectivity index (χ1n) is 6.41. The summed E-state index contributed by atoms with van der Waals surface area (Å²) in [6.45, 7) is 1.93. The van der Waals surface area contributed by atoms with E-state index in [1.807, 2.05) is 43.3 Å². The molecule has 0 spiro atoms. The molecule has 4 N–H and O–H groups in total. The van der Waals surface area contributed by atoms with Crippen molar-refractivity contribution in [2.45, 2.75) is 13.0 Å². The molecule has 0 bridgehead atoms. The molecule has 0 amide bonds. The number of halogens is 2. The highest BCUT2D eigenvalue weighted by molar-refractivity contribution is 6.35. The first-order valence-corrected chi connectivity index (χ1v) is 7.17.